The minimum Gasteiger partial charge on any atom is -0.507 e. The maximum Gasteiger partial charge on any atom is 0.295 e. The first kappa shape index (κ1) is 23.9. The number of hydrogen-bond acceptors (Lipinski definition) is 9. The minimum absolute atomic E-state index is 0.0200. The van der Waals surface area contributed by atoms with E-state index in [9.17, 15) is 46.0 Å². The van der Waals surface area contributed by atoms with Crippen LogP contribution in [0.4, 0.5) is 11.4 Å². The van der Waals surface area contributed by atoms with E-state index in [0.29, 0.717) is 12.1 Å². The molecule has 174 valence electrons. The summed E-state index contributed by atoms with van der Waals surface area (Å²) < 4.78 is 70.1. The van der Waals surface area contributed by atoms with Gasteiger partial charge in [0.05, 0.1) is 21.6 Å². The van der Waals surface area contributed by atoms with Gasteiger partial charge in [-0.3, -0.25) is 24.0 Å². The van der Waals surface area contributed by atoms with Crippen LogP contribution < -0.4 is 10.1 Å². The Morgan fingerprint density at radius 2 is 1.73 bits per heavy atom. The number of carbonyl (C=O) groups excluding carboxylic acids is 1. The van der Waals surface area contributed by atoms with Gasteiger partial charge in [-0.25, -0.2) is 0 Å². The van der Waals surface area contributed by atoms with Crippen molar-refractivity contribution in [3.05, 3.63) is 58.6 Å². The van der Waals surface area contributed by atoms with E-state index in [4.69, 9.17) is 4.74 Å². The van der Waals surface area contributed by atoms with Crippen LogP contribution >= 0.6 is 0 Å². The smallest absolute Gasteiger partial charge is 0.295 e. The average Bonchev–Trinajstić information content (AvgIpc) is 2.70. The summed E-state index contributed by atoms with van der Waals surface area (Å²) in [6, 6.07) is 8.23. The Bertz CT molecular complexity index is 1500. The Balaban J connectivity index is 1.97. The fraction of sp³-hybridized carbons (Fsp3) is 0.0556. The first-order chi connectivity index (χ1) is 15.3. The molecule has 3 aromatic carbocycles. The molecule has 0 radical (unpaired) electrons. The van der Waals surface area contributed by atoms with Crippen LogP contribution in [-0.4, -0.2) is 48.5 Å². The van der Waals surface area contributed by atoms with Gasteiger partial charge in [0.15, 0.2) is 6.61 Å². The van der Waals surface area contributed by atoms with E-state index in [0.717, 1.165) is 18.2 Å². The lowest BCUT2D eigenvalue weighted by Gasteiger charge is -2.14. The van der Waals surface area contributed by atoms with Gasteiger partial charge in [0.25, 0.3) is 31.8 Å². The Morgan fingerprint density at radius 3 is 2.33 bits per heavy atom. The average molecular weight is 498 g/mol. The zero-order valence-corrected chi connectivity index (χ0v) is 17.8. The number of non-ortho nitro benzene ring substituents is 1. The van der Waals surface area contributed by atoms with Gasteiger partial charge in [-0.2, -0.15) is 16.8 Å². The zero-order chi connectivity index (χ0) is 24.6. The number of fused-ring (bicyclic) bond motifs is 1. The lowest BCUT2D eigenvalue weighted by molar-refractivity contribution is -0.384. The van der Waals surface area contributed by atoms with Crippen LogP contribution in [0, 0.1) is 10.1 Å². The second kappa shape index (κ2) is 8.62. The van der Waals surface area contributed by atoms with Gasteiger partial charge in [0.1, 0.15) is 16.4 Å². The molecule has 0 saturated carbocycles. The van der Waals surface area contributed by atoms with Gasteiger partial charge < -0.3 is 15.2 Å². The molecule has 0 aliphatic carbocycles. The fourth-order valence-corrected chi connectivity index (χ4v) is 4.12. The molecule has 13 nitrogen and oxygen atoms in total. The predicted molar refractivity (Wildman–Crippen MR) is 112 cm³/mol. The van der Waals surface area contributed by atoms with Crippen LogP contribution in [0.25, 0.3) is 10.8 Å². The SMILES string of the molecule is O=C(COc1cccc([N+](=O)[O-])c1)Nc1ccc(S(=O)(=O)O)c2cc(S(=O)(=O)O)cc(O)c12. The number of phenols is 1. The summed E-state index contributed by atoms with van der Waals surface area (Å²) in [6.45, 7) is -0.632. The Hall–Kier alpha value is -3.79. The number of amides is 1. The molecule has 1 amide bonds. The molecule has 0 aromatic heterocycles. The number of hydrogen-bond donors (Lipinski definition) is 4. The zero-order valence-electron chi connectivity index (χ0n) is 16.2. The van der Waals surface area contributed by atoms with Crippen LogP contribution in [-0.2, 0) is 25.0 Å². The molecule has 4 N–H and O–H groups in total. The summed E-state index contributed by atoms with van der Waals surface area (Å²) in [6.07, 6.45) is 0. The van der Waals surface area contributed by atoms with Crippen molar-refractivity contribution in [1.82, 2.24) is 0 Å². The number of phenolic OH excluding ortho intramolecular Hbond substituents is 1. The number of carbonyl (C=O) groups is 1. The Morgan fingerprint density at radius 1 is 1.03 bits per heavy atom. The minimum atomic E-state index is -4.89. The number of aromatic hydroxyl groups is 1. The number of nitro groups is 1. The van der Waals surface area contributed by atoms with Crippen molar-refractivity contribution in [2.75, 3.05) is 11.9 Å². The van der Waals surface area contributed by atoms with Gasteiger partial charge in [0.2, 0.25) is 0 Å². The molecule has 33 heavy (non-hydrogen) atoms. The number of nitro benzene ring substituents is 1. The first-order valence-electron chi connectivity index (χ1n) is 8.69. The summed E-state index contributed by atoms with van der Waals surface area (Å²) in [5.41, 5.74) is -0.441. The molecule has 0 saturated heterocycles. The topological polar surface area (TPSA) is 210 Å². The molecule has 0 unspecified atom stereocenters. The number of rotatable bonds is 7. The van der Waals surface area contributed by atoms with Gasteiger partial charge >= 0.3 is 0 Å². The number of nitrogens with one attached hydrogen (secondary N) is 1. The quantitative estimate of drug-likeness (QED) is 0.210. The van der Waals surface area contributed by atoms with E-state index < -0.39 is 58.6 Å². The van der Waals surface area contributed by atoms with E-state index in [2.05, 4.69) is 5.32 Å². The van der Waals surface area contributed by atoms with Crippen molar-refractivity contribution in [2.24, 2.45) is 0 Å². The van der Waals surface area contributed by atoms with Crippen LogP contribution in [0.3, 0.4) is 0 Å². The van der Waals surface area contributed by atoms with Gasteiger partial charge in [-0.1, -0.05) is 6.07 Å². The van der Waals surface area contributed by atoms with E-state index in [1.807, 2.05) is 0 Å². The van der Waals surface area contributed by atoms with Crippen LogP contribution in [0.5, 0.6) is 11.5 Å². The van der Waals surface area contributed by atoms with Crippen molar-refractivity contribution in [3.63, 3.8) is 0 Å². The molecular formula is C18H14N2O11S2. The molecule has 0 heterocycles. The highest BCUT2D eigenvalue weighted by molar-refractivity contribution is 7.86. The highest BCUT2D eigenvalue weighted by Crippen LogP contribution is 2.38. The molecule has 0 bridgehead atoms. The third-order valence-electron chi connectivity index (χ3n) is 4.28. The molecule has 15 heteroatoms. The lowest BCUT2D eigenvalue weighted by atomic mass is 10.1. The van der Waals surface area contributed by atoms with Crippen LogP contribution in [0.1, 0.15) is 0 Å². The van der Waals surface area contributed by atoms with E-state index >= 15 is 0 Å². The van der Waals surface area contributed by atoms with Crippen molar-refractivity contribution >= 4 is 48.3 Å². The summed E-state index contributed by atoms with van der Waals surface area (Å²) in [7, 11) is -9.75. The molecular weight excluding hydrogens is 484 g/mol. The number of anilines is 1. The van der Waals surface area contributed by atoms with Crippen molar-refractivity contribution in [1.29, 1.82) is 0 Å². The van der Waals surface area contributed by atoms with Crippen LogP contribution in [0.2, 0.25) is 0 Å². The standard InChI is InChI=1S/C18H14N2O11S2/c21-15-8-12(32(25,26)27)7-13-16(33(28,29)30)5-4-14(18(13)15)19-17(22)9-31-11-3-1-2-10(6-11)20(23)24/h1-8,21H,9H2,(H,19,22)(H,25,26,27)(H,28,29,30). The molecule has 3 aromatic rings. The maximum absolute atomic E-state index is 12.3. The Labute approximate surface area is 185 Å². The molecule has 0 fully saturated rings. The highest BCUT2D eigenvalue weighted by atomic mass is 32.2. The summed E-state index contributed by atoms with van der Waals surface area (Å²) in [4.78, 5) is 20.8. The molecule has 3 rings (SSSR count). The van der Waals surface area contributed by atoms with Gasteiger partial charge in [0, 0.05) is 22.9 Å². The second-order valence-electron chi connectivity index (χ2n) is 6.52. The monoisotopic (exact) mass is 498 g/mol. The largest absolute Gasteiger partial charge is 0.507 e. The lowest BCUT2D eigenvalue weighted by Crippen LogP contribution is -2.20. The van der Waals surface area contributed by atoms with Gasteiger partial charge in [-0.05, 0) is 24.3 Å². The third kappa shape index (κ3) is 5.35. The number of nitrogens with zero attached hydrogens (tertiary/aromatic N) is 1. The third-order valence-corrected chi connectivity index (χ3v) is 6.02. The second-order valence-corrected chi connectivity index (χ2v) is 9.33. The fourth-order valence-electron chi connectivity index (χ4n) is 2.91. The van der Waals surface area contributed by atoms with Crippen molar-refractivity contribution in [2.45, 2.75) is 9.79 Å². The summed E-state index contributed by atoms with van der Waals surface area (Å²) >= 11 is 0. The molecule has 0 spiro atoms. The summed E-state index contributed by atoms with van der Waals surface area (Å²) in [5.74, 6) is -1.62. The molecule has 0 aliphatic heterocycles. The van der Waals surface area contributed by atoms with Gasteiger partial charge in [-0.15, -0.1) is 0 Å². The predicted octanol–water partition coefficient (Wildman–Crippen LogP) is 1.96. The normalized spacial score (nSPS) is 11.8. The number of benzene rings is 3. The van der Waals surface area contributed by atoms with Crippen molar-refractivity contribution < 1.29 is 45.5 Å². The maximum atomic E-state index is 12.3. The Kier molecular flexibility index (Phi) is 6.24. The van der Waals surface area contributed by atoms with E-state index in [1.165, 1.54) is 18.2 Å². The van der Waals surface area contributed by atoms with E-state index in [-0.39, 0.29) is 22.5 Å². The highest BCUT2D eigenvalue weighted by Gasteiger charge is 2.23. The first-order valence-corrected chi connectivity index (χ1v) is 11.6. The van der Waals surface area contributed by atoms with E-state index in [1.54, 1.807) is 0 Å². The van der Waals surface area contributed by atoms with Crippen molar-refractivity contribution in [3.8, 4) is 11.5 Å². The molecule has 0 aliphatic rings. The number of ether oxygens (including phenoxy) is 1. The van der Waals surface area contributed by atoms with Crippen LogP contribution in [0.15, 0.2) is 58.3 Å². The molecule has 0 atom stereocenters. The summed E-state index contributed by atoms with van der Waals surface area (Å²) in [5, 5.41) is 22.6.